The molecule has 16 heavy (non-hydrogen) atoms. The van der Waals surface area contributed by atoms with Crippen LogP contribution in [-0.2, 0) is 15.0 Å². The van der Waals surface area contributed by atoms with Crippen LogP contribution in [-0.4, -0.2) is 23.9 Å². The molecule has 0 saturated carbocycles. The van der Waals surface area contributed by atoms with Crippen LogP contribution < -0.4 is 0 Å². The third kappa shape index (κ3) is 2.82. The first-order valence-corrected chi connectivity index (χ1v) is 5.72. The number of aryl methyl sites for hydroxylation is 1. The molecule has 0 amide bonds. The van der Waals surface area contributed by atoms with Crippen LogP contribution in [0.4, 0.5) is 0 Å². The lowest BCUT2D eigenvalue weighted by atomic mass is 10.0. The number of benzene rings is 1. The molecule has 0 aliphatic rings. The Bertz CT molecular complexity index is 429. The van der Waals surface area contributed by atoms with Crippen molar-refractivity contribution in [2.45, 2.75) is 12.3 Å². The van der Waals surface area contributed by atoms with Gasteiger partial charge in [0.05, 0.1) is 0 Å². The van der Waals surface area contributed by atoms with Crippen LogP contribution in [0.15, 0.2) is 23.4 Å². The fraction of sp³-hybridized carbons (Fsp3) is 0.273. The van der Waals surface area contributed by atoms with Gasteiger partial charge >= 0.3 is 5.97 Å². The van der Waals surface area contributed by atoms with Gasteiger partial charge in [0.15, 0.2) is 5.71 Å². The first-order chi connectivity index (χ1) is 7.60. The van der Waals surface area contributed by atoms with Gasteiger partial charge in [0.25, 0.3) is 0 Å². The van der Waals surface area contributed by atoms with Crippen molar-refractivity contribution in [3.63, 3.8) is 0 Å². The molecular formula is C11H12BrNO3. The minimum absolute atomic E-state index is 0.0807. The van der Waals surface area contributed by atoms with E-state index in [2.05, 4.69) is 25.9 Å². The first-order valence-electron chi connectivity index (χ1n) is 4.60. The van der Waals surface area contributed by atoms with Crippen molar-refractivity contribution in [2.24, 2.45) is 5.16 Å². The molecular weight excluding hydrogens is 274 g/mol. The zero-order valence-electron chi connectivity index (χ0n) is 9.03. The largest absolute Gasteiger partial charge is 0.476 e. The zero-order valence-corrected chi connectivity index (χ0v) is 10.6. The molecule has 0 radical (unpaired) electrons. The molecule has 5 heteroatoms. The molecule has 0 atom stereocenters. The number of rotatable bonds is 4. The van der Waals surface area contributed by atoms with E-state index >= 15 is 0 Å². The van der Waals surface area contributed by atoms with E-state index < -0.39 is 5.97 Å². The van der Waals surface area contributed by atoms with E-state index in [1.54, 1.807) is 6.07 Å². The second kappa shape index (κ2) is 5.65. The molecule has 1 aromatic rings. The van der Waals surface area contributed by atoms with E-state index in [4.69, 9.17) is 5.11 Å². The van der Waals surface area contributed by atoms with Crippen molar-refractivity contribution in [2.75, 3.05) is 7.11 Å². The summed E-state index contributed by atoms with van der Waals surface area (Å²) in [6.07, 6.45) is 0. The number of aliphatic carboxylic acids is 1. The lowest BCUT2D eigenvalue weighted by Crippen LogP contribution is -2.16. The van der Waals surface area contributed by atoms with Crippen molar-refractivity contribution in [3.8, 4) is 0 Å². The van der Waals surface area contributed by atoms with Gasteiger partial charge in [-0.1, -0.05) is 33.2 Å². The Hall–Kier alpha value is -1.36. The molecule has 0 spiro atoms. The number of carboxylic acid groups (broad SMARTS) is 1. The number of halogens is 1. The first kappa shape index (κ1) is 12.7. The topological polar surface area (TPSA) is 58.9 Å². The number of carbonyl (C=O) groups is 1. The summed E-state index contributed by atoms with van der Waals surface area (Å²) in [6, 6.07) is 5.58. The molecule has 4 nitrogen and oxygen atoms in total. The highest BCUT2D eigenvalue weighted by Gasteiger charge is 2.16. The lowest BCUT2D eigenvalue weighted by Gasteiger charge is -2.06. The van der Waals surface area contributed by atoms with Crippen molar-refractivity contribution in [1.82, 2.24) is 0 Å². The van der Waals surface area contributed by atoms with E-state index in [9.17, 15) is 4.79 Å². The van der Waals surface area contributed by atoms with Gasteiger partial charge < -0.3 is 9.94 Å². The van der Waals surface area contributed by atoms with Crippen LogP contribution in [0.3, 0.4) is 0 Å². The summed E-state index contributed by atoms with van der Waals surface area (Å²) in [5.41, 5.74) is 2.34. The highest BCUT2D eigenvalue weighted by molar-refractivity contribution is 9.08. The van der Waals surface area contributed by atoms with Crippen molar-refractivity contribution >= 4 is 27.6 Å². The molecule has 0 aliphatic carbocycles. The summed E-state index contributed by atoms with van der Waals surface area (Å²) in [6.45, 7) is 1.83. The van der Waals surface area contributed by atoms with Crippen molar-refractivity contribution < 1.29 is 14.7 Å². The fourth-order valence-electron chi connectivity index (χ4n) is 1.30. The second-order valence-electron chi connectivity index (χ2n) is 3.21. The molecule has 0 unspecified atom stereocenters. The molecule has 0 bridgehead atoms. The average molecular weight is 286 g/mol. The molecule has 1 rings (SSSR count). The number of hydrogen-bond acceptors (Lipinski definition) is 3. The van der Waals surface area contributed by atoms with Gasteiger partial charge in [-0.2, -0.15) is 0 Å². The number of carboxylic acids is 1. The van der Waals surface area contributed by atoms with Gasteiger partial charge in [-0.25, -0.2) is 4.79 Å². The van der Waals surface area contributed by atoms with Crippen LogP contribution in [0.2, 0.25) is 0 Å². The Morgan fingerprint density at radius 3 is 2.75 bits per heavy atom. The third-order valence-corrected chi connectivity index (χ3v) is 2.74. The smallest absolute Gasteiger partial charge is 0.358 e. The molecule has 0 aliphatic heterocycles. The quantitative estimate of drug-likeness (QED) is 0.525. The predicted octanol–water partition coefficient (Wildman–Crippen LogP) is 2.33. The van der Waals surface area contributed by atoms with Gasteiger partial charge in [0.1, 0.15) is 7.11 Å². The maximum absolute atomic E-state index is 11.0. The molecule has 1 aromatic carbocycles. The number of oxime groups is 1. The van der Waals surface area contributed by atoms with Crippen LogP contribution in [0.25, 0.3) is 0 Å². The highest BCUT2D eigenvalue weighted by atomic mass is 79.9. The summed E-state index contributed by atoms with van der Waals surface area (Å²) >= 11 is 3.32. The predicted molar refractivity (Wildman–Crippen MR) is 65.0 cm³/mol. The normalized spacial score (nSPS) is 11.3. The van der Waals surface area contributed by atoms with Gasteiger partial charge in [0.2, 0.25) is 0 Å². The summed E-state index contributed by atoms with van der Waals surface area (Å²) in [4.78, 5) is 15.6. The Labute approximate surface area is 102 Å². The third-order valence-electron chi connectivity index (χ3n) is 2.10. The Balaban J connectivity index is 3.28. The SMILES string of the molecule is CON=C(C(=O)O)c1cc(CBr)ccc1C. The monoisotopic (exact) mass is 285 g/mol. The van der Waals surface area contributed by atoms with Gasteiger partial charge in [0, 0.05) is 10.9 Å². The lowest BCUT2D eigenvalue weighted by molar-refractivity contribution is -0.129. The van der Waals surface area contributed by atoms with Gasteiger partial charge in [-0.05, 0) is 24.1 Å². The maximum atomic E-state index is 11.0. The highest BCUT2D eigenvalue weighted by Crippen LogP contribution is 2.15. The van der Waals surface area contributed by atoms with Crippen LogP contribution in [0.1, 0.15) is 16.7 Å². The number of alkyl halides is 1. The van der Waals surface area contributed by atoms with E-state index in [0.29, 0.717) is 10.9 Å². The fourth-order valence-corrected chi connectivity index (χ4v) is 1.65. The minimum Gasteiger partial charge on any atom is -0.476 e. The van der Waals surface area contributed by atoms with Gasteiger partial charge in [-0.15, -0.1) is 0 Å². The van der Waals surface area contributed by atoms with E-state index in [1.165, 1.54) is 7.11 Å². The molecule has 0 fully saturated rings. The molecule has 86 valence electrons. The van der Waals surface area contributed by atoms with E-state index in [0.717, 1.165) is 11.1 Å². The minimum atomic E-state index is -1.10. The number of hydrogen-bond donors (Lipinski definition) is 1. The maximum Gasteiger partial charge on any atom is 0.358 e. The standard InChI is InChI=1S/C11H12BrNO3/c1-7-3-4-8(6-12)5-9(7)10(11(14)15)13-16-2/h3-5H,6H2,1-2H3,(H,14,15). The Kier molecular flexibility index (Phi) is 4.49. The van der Waals surface area contributed by atoms with Crippen molar-refractivity contribution in [3.05, 3.63) is 34.9 Å². The summed E-state index contributed by atoms with van der Waals surface area (Å²) in [7, 11) is 1.33. The van der Waals surface area contributed by atoms with Crippen LogP contribution >= 0.6 is 15.9 Å². The van der Waals surface area contributed by atoms with Crippen molar-refractivity contribution in [1.29, 1.82) is 0 Å². The molecule has 0 heterocycles. The molecule has 0 saturated heterocycles. The molecule has 0 aromatic heterocycles. The van der Waals surface area contributed by atoms with Gasteiger partial charge in [-0.3, -0.25) is 0 Å². The Morgan fingerprint density at radius 2 is 2.25 bits per heavy atom. The van der Waals surface area contributed by atoms with Crippen LogP contribution in [0, 0.1) is 6.92 Å². The Morgan fingerprint density at radius 1 is 1.56 bits per heavy atom. The summed E-state index contributed by atoms with van der Waals surface area (Å²) in [5.74, 6) is -1.10. The van der Waals surface area contributed by atoms with E-state index in [1.807, 2.05) is 19.1 Å². The summed E-state index contributed by atoms with van der Waals surface area (Å²) in [5, 5.41) is 13.2. The molecule has 1 N–H and O–H groups in total. The average Bonchev–Trinajstić information content (AvgIpc) is 2.27. The zero-order chi connectivity index (χ0) is 12.1. The van der Waals surface area contributed by atoms with E-state index in [-0.39, 0.29) is 5.71 Å². The summed E-state index contributed by atoms with van der Waals surface area (Å²) < 4.78 is 0. The number of nitrogens with zero attached hydrogens (tertiary/aromatic N) is 1. The van der Waals surface area contributed by atoms with Crippen LogP contribution in [0.5, 0.6) is 0 Å². The second-order valence-corrected chi connectivity index (χ2v) is 3.77.